The molecular formula is C24H26N6O2S3. The maximum atomic E-state index is 12.5. The summed E-state index contributed by atoms with van der Waals surface area (Å²) in [6.07, 6.45) is 0. The molecule has 0 bridgehead atoms. The minimum Gasteiger partial charge on any atom is -0.379 e. The number of fused-ring (bicyclic) bond motifs is 1. The van der Waals surface area contributed by atoms with Crippen molar-refractivity contribution >= 4 is 51.0 Å². The van der Waals surface area contributed by atoms with E-state index in [-0.39, 0.29) is 5.91 Å². The molecular weight excluding hydrogens is 501 g/mol. The lowest BCUT2D eigenvalue weighted by Gasteiger charge is -2.26. The molecule has 0 radical (unpaired) electrons. The number of benzene rings is 2. The van der Waals surface area contributed by atoms with Gasteiger partial charge in [-0.25, -0.2) is 4.98 Å². The van der Waals surface area contributed by atoms with Gasteiger partial charge in [0.2, 0.25) is 5.91 Å². The molecule has 35 heavy (non-hydrogen) atoms. The van der Waals surface area contributed by atoms with Gasteiger partial charge in [-0.05, 0) is 24.3 Å². The summed E-state index contributed by atoms with van der Waals surface area (Å²) in [5.41, 5.74) is 1.99. The summed E-state index contributed by atoms with van der Waals surface area (Å²) in [6.45, 7) is 4.84. The Morgan fingerprint density at radius 3 is 2.66 bits per heavy atom. The molecule has 3 heterocycles. The molecule has 11 heteroatoms. The Labute approximate surface area is 216 Å². The van der Waals surface area contributed by atoms with Crippen LogP contribution < -0.4 is 5.32 Å². The number of amides is 1. The van der Waals surface area contributed by atoms with Crippen molar-refractivity contribution in [3.63, 3.8) is 0 Å². The van der Waals surface area contributed by atoms with Crippen molar-refractivity contribution in [2.75, 3.05) is 45.1 Å². The fourth-order valence-corrected chi connectivity index (χ4v) is 6.50. The summed E-state index contributed by atoms with van der Waals surface area (Å²) in [7, 11) is 0. The average Bonchev–Trinajstić information content (AvgIpc) is 3.51. The number of aromatic nitrogens is 4. The largest absolute Gasteiger partial charge is 0.379 e. The van der Waals surface area contributed by atoms with Gasteiger partial charge in [-0.3, -0.25) is 14.3 Å². The zero-order chi connectivity index (χ0) is 23.9. The highest BCUT2D eigenvalue weighted by atomic mass is 32.2. The summed E-state index contributed by atoms with van der Waals surface area (Å²) in [6, 6.07) is 18.2. The number of nitrogens with one attached hydrogen (secondary N) is 1. The number of ether oxygens (including phenoxy) is 1. The third kappa shape index (κ3) is 6.42. The fourth-order valence-electron chi connectivity index (χ4n) is 3.72. The molecule has 1 aliphatic heterocycles. The van der Waals surface area contributed by atoms with Gasteiger partial charge in [-0.1, -0.05) is 53.9 Å². The molecule has 5 rings (SSSR count). The van der Waals surface area contributed by atoms with Crippen molar-refractivity contribution in [1.29, 1.82) is 0 Å². The predicted octanol–water partition coefficient (Wildman–Crippen LogP) is 3.71. The fraction of sp³-hybridized carbons (Fsp3) is 0.333. The number of nitrogens with zero attached hydrogens (tertiary/aromatic N) is 5. The quantitative estimate of drug-likeness (QED) is 0.313. The average molecular weight is 527 g/mol. The molecule has 1 fully saturated rings. The lowest BCUT2D eigenvalue weighted by Crippen LogP contribution is -2.41. The summed E-state index contributed by atoms with van der Waals surface area (Å²) in [5.74, 6) is 1.75. The first-order valence-corrected chi connectivity index (χ1v) is 14.2. The predicted molar refractivity (Wildman–Crippen MR) is 142 cm³/mol. The van der Waals surface area contributed by atoms with E-state index in [9.17, 15) is 4.79 Å². The first-order valence-electron chi connectivity index (χ1n) is 11.4. The molecule has 8 nitrogen and oxygen atoms in total. The second-order valence-electron chi connectivity index (χ2n) is 7.90. The first kappa shape index (κ1) is 24.3. The third-order valence-corrected chi connectivity index (χ3v) is 8.60. The number of thiazole rings is 1. The molecule has 0 aliphatic carbocycles. The van der Waals surface area contributed by atoms with Gasteiger partial charge in [0.05, 0.1) is 34.9 Å². The van der Waals surface area contributed by atoms with Gasteiger partial charge in [0.25, 0.3) is 0 Å². The zero-order valence-electron chi connectivity index (χ0n) is 19.1. The lowest BCUT2D eigenvalue weighted by atomic mass is 10.3. The monoisotopic (exact) mass is 526 g/mol. The van der Waals surface area contributed by atoms with E-state index in [1.807, 2.05) is 53.1 Å². The highest BCUT2D eigenvalue weighted by molar-refractivity contribution is 8.00. The first-order chi connectivity index (χ1) is 17.3. The number of hydrogen-bond donors (Lipinski definition) is 1. The zero-order valence-corrected chi connectivity index (χ0v) is 21.6. The minimum absolute atomic E-state index is 0.00345. The molecule has 182 valence electrons. The molecule has 1 aliphatic rings. The van der Waals surface area contributed by atoms with Gasteiger partial charge in [0, 0.05) is 31.9 Å². The van der Waals surface area contributed by atoms with Gasteiger partial charge in [0.15, 0.2) is 9.50 Å². The van der Waals surface area contributed by atoms with Crippen molar-refractivity contribution in [1.82, 2.24) is 30.0 Å². The number of para-hydroxylation sites is 2. The van der Waals surface area contributed by atoms with Crippen LogP contribution in [0.5, 0.6) is 0 Å². The molecule has 2 aromatic carbocycles. The minimum atomic E-state index is -0.00345. The number of morpholine rings is 1. The van der Waals surface area contributed by atoms with Gasteiger partial charge in [0.1, 0.15) is 5.82 Å². The molecule has 1 N–H and O–H groups in total. The van der Waals surface area contributed by atoms with Crippen molar-refractivity contribution < 1.29 is 9.53 Å². The second kappa shape index (κ2) is 12.0. The Morgan fingerprint density at radius 1 is 1.03 bits per heavy atom. The maximum Gasteiger partial charge on any atom is 0.230 e. The summed E-state index contributed by atoms with van der Waals surface area (Å²) >= 11 is 4.74. The third-order valence-electron chi connectivity index (χ3n) is 5.50. The Morgan fingerprint density at radius 2 is 1.83 bits per heavy atom. The Bertz CT molecular complexity index is 1220. The van der Waals surface area contributed by atoms with E-state index in [2.05, 4.69) is 26.5 Å². The Balaban J connectivity index is 1.22. The van der Waals surface area contributed by atoms with E-state index in [1.54, 1.807) is 23.1 Å². The van der Waals surface area contributed by atoms with Crippen LogP contribution in [0.25, 0.3) is 15.9 Å². The van der Waals surface area contributed by atoms with E-state index in [0.29, 0.717) is 23.2 Å². The lowest BCUT2D eigenvalue weighted by molar-refractivity contribution is -0.118. The highest BCUT2D eigenvalue weighted by Gasteiger charge is 2.17. The van der Waals surface area contributed by atoms with E-state index < -0.39 is 0 Å². The summed E-state index contributed by atoms with van der Waals surface area (Å²) in [4.78, 5) is 19.5. The van der Waals surface area contributed by atoms with Crippen LogP contribution >= 0.6 is 34.9 Å². The van der Waals surface area contributed by atoms with Gasteiger partial charge in [-0.15, -0.1) is 21.5 Å². The molecule has 4 aromatic rings. The Kier molecular flexibility index (Phi) is 8.32. The molecule has 1 amide bonds. The van der Waals surface area contributed by atoms with E-state index in [1.165, 1.54) is 16.5 Å². The van der Waals surface area contributed by atoms with Crippen LogP contribution in [-0.2, 0) is 15.3 Å². The van der Waals surface area contributed by atoms with Crippen molar-refractivity contribution in [2.24, 2.45) is 0 Å². The Hall–Kier alpha value is -2.44. The van der Waals surface area contributed by atoms with Crippen molar-refractivity contribution in [2.45, 2.75) is 15.2 Å². The summed E-state index contributed by atoms with van der Waals surface area (Å²) < 4.78 is 9.58. The van der Waals surface area contributed by atoms with Crippen LogP contribution in [0.2, 0.25) is 0 Å². The maximum absolute atomic E-state index is 12.5. The van der Waals surface area contributed by atoms with Crippen LogP contribution in [0, 0.1) is 0 Å². The van der Waals surface area contributed by atoms with E-state index >= 15 is 0 Å². The van der Waals surface area contributed by atoms with E-state index in [0.717, 1.165) is 54.2 Å². The van der Waals surface area contributed by atoms with E-state index in [4.69, 9.17) is 9.72 Å². The van der Waals surface area contributed by atoms with Crippen LogP contribution in [0.1, 0.15) is 5.82 Å². The number of hydrogen-bond acceptors (Lipinski definition) is 9. The van der Waals surface area contributed by atoms with Crippen molar-refractivity contribution in [3.05, 3.63) is 60.4 Å². The van der Waals surface area contributed by atoms with Crippen LogP contribution in [0.3, 0.4) is 0 Å². The second-order valence-corrected chi connectivity index (χ2v) is 11.1. The van der Waals surface area contributed by atoms with Crippen molar-refractivity contribution in [3.8, 4) is 5.69 Å². The van der Waals surface area contributed by atoms with Crippen LogP contribution in [-0.4, -0.2) is 75.7 Å². The number of thioether (sulfide) groups is 2. The van der Waals surface area contributed by atoms with Gasteiger partial charge >= 0.3 is 0 Å². The topological polar surface area (TPSA) is 85.2 Å². The molecule has 2 aromatic heterocycles. The number of carbonyl (C=O) groups is 1. The molecule has 0 spiro atoms. The van der Waals surface area contributed by atoms with Gasteiger partial charge < -0.3 is 10.1 Å². The number of rotatable bonds is 10. The smallest absolute Gasteiger partial charge is 0.230 e. The molecule has 0 saturated carbocycles. The normalized spacial score (nSPS) is 14.4. The standard InChI is InChI=1S/C24H26N6O2S3/c31-22(25-10-11-29-12-14-32-15-13-29)17-33-23-28-27-21(30(23)18-6-2-1-3-7-18)16-34-24-26-19-8-4-5-9-20(19)35-24/h1-9H,10-17H2,(H,25,31). The molecule has 1 saturated heterocycles. The summed E-state index contributed by atoms with van der Waals surface area (Å²) in [5, 5.41) is 12.6. The highest BCUT2D eigenvalue weighted by Crippen LogP contribution is 2.32. The molecule has 0 unspecified atom stereocenters. The molecule has 0 atom stereocenters. The van der Waals surface area contributed by atoms with Gasteiger partial charge in [-0.2, -0.15) is 0 Å². The number of carbonyl (C=O) groups excluding carboxylic acids is 1. The van der Waals surface area contributed by atoms with Crippen LogP contribution in [0.15, 0.2) is 64.1 Å². The van der Waals surface area contributed by atoms with Crippen LogP contribution in [0.4, 0.5) is 0 Å². The SMILES string of the molecule is O=C(CSc1nnc(CSc2nc3ccccc3s2)n1-c1ccccc1)NCCN1CCOCC1.